The smallest absolute Gasteiger partial charge is 0.184 e. The van der Waals surface area contributed by atoms with Crippen molar-refractivity contribution in [3.8, 4) is 11.5 Å². The Morgan fingerprint density at radius 1 is 1.20 bits per heavy atom. The first-order valence-electron chi connectivity index (χ1n) is 6.22. The summed E-state index contributed by atoms with van der Waals surface area (Å²) in [6.45, 7) is 2.61. The number of nitrogens with one attached hydrogen (secondary N) is 1. The highest BCUT2D eigenvalue weighted by Crippen LogP contribution is 2.31. The standard InChI is InChI=1S/C15H17BrN2O2/c1-10-5-4-6-11(14(10)16)18-9-12-15(20-3)13(19-2)7-8-17-12/h4-8,18H,9H2,1-3H3. The lowest BCUT2D eigenvalue weighted by Gasteiger charge is -2.14. The van der Waals surface area contributed by atoms with Crippen LogP contribution in [-0.2, 0) is 6.54 Å². The van der Waals surface area contributed by atoms with E-state index < -0.39 is 0 Å². The molecule has 0 amide bonds. The Bertz CT molecular complexity index is 602. The largest absolute Gasteiger partial charge is 0.493 e. The second-order valence-corrected chi connectivity index (χ2v) is 5.08. The molecule has 0 saturated heterocycles. The number of rotatable bonds is 5. The molecule has 0 atom stereocenters. The Hall–Kier alpha value is -1.75. The van der Waals surface area contributed by atoms with Crippen LogP contribution in [0.5, 0.6) is 11.5 Å². The van der Waals surface area contributed by atoms with Gasteiger partial charge in [0.25, 0.3) is 0 Å². The van der Waals surface area contributed by atoms with Crippen molar-refractivity contribution in [1.82, 2.24) is 4.98 Å². The van der Waals surface area contributed by atoms with Crippen LogP contribution in [0.15, 0.2) is 34.9 Å². The lowest BCUT2D eigenvalue weighted by Crippen LogP contribution is -2.05. The maximum Gasteiger partial charge on any atom is 0.184 e. The number of aryl methyl sites for hydroxylation is 1. The van der Waals surface area contributed by atoms with Gasteiger partial charge in [0.05, 0.1) is 20.8 Å². The zero-order chi connectivity index (χ0) is 14.5. The summed E-state index contributed by atoms with van der Waals surface area (Å²) < 4.78 is 11.7. The van der Waals surface area contributed by atoms with E-state index in [2.05, 4.69) is 39.2 Å². The van der Waals surface area contributed by atoms with Gasteiger partial charge in [-0.1, -0.05) is 12.1 Å². The van der Waals surface area contributed by atoms with Gasteiger partial charge in [-0.15, -0.1) is 0 Å². The molecule has 4 nitrogen and oxygen atoms in total. The van der Waals surface area contributed by atoms with Crippen LogP contribution in [0.3, 0.4) is 0 Å². The van der Waals surface area contributed by atoms with E-state index in [1.807, 2.05) is 12.1 Å². The third kappa shape index (κ3) is 3.04. The first-order chi connectivity index (χ1) is 9.67. The number of anilines is 1. The minimum atomic E-state index is 0.558. The number of halogens is 1. The van der Waals surface area contributed by atoms with Crippen molar-refractivity contribution in [2.45, 2.75) is 13.5 Å². The minimum Gasteiger partial charge on any atom is -0.493 e. The van der Waals surface area contributed by atoms with Crippen molar-refractivity contribution in [1.29, 1.82) is 0 Å². The van der Waals surface area contributed by atoms with Crippen LogP contribution in [0.2, 0.25) is 0 Å². The summed E-state index contributed by atoms with van der Waals surface area (Å²) in [4.78, 5) is 4.34. The second-order valence-electron chi connectivity index (χ2n) is 4.28. The van der Waals surface area contributed by atoms with Gasteiger partial charge in [-0.05, 0) is 34.5 Å². The maximum absolute atomic E-state index is 5.37. The van der Waals surface area contributed by atoms with E-state index in [1.54, 1.807) is 26.5 Å². The number of hydrogen-bond donors (Lipinski definition) is 1. The zero-order valence-electron chi connectivity index (χ0n) is 11.7. The van der Waals surface area contributed by atoms with Crippen LogP contribution < -0.4 is 14.8 Å². The molecule has 106 valence electrons. The Labute approximate surface area is 127 Å². The van der Waals surface area contributed by atoms with Gasteiger partial charge in [0.15, 0.2) is 11.5 Å². The number of hydrogen-bond acceptors (Lipinski definition) is 4. The van der Waals surface area contributed by atoms with E-state index in [4.69, 9.17) is 9.47 Å². The molecule has 0 unspecified atom stereocenters. The van der Waals surface area contributed by atoms with Gasteiger partial charge < -0.3 is 14.8 Å². The average Bonchev–Trinajstić information content (AvgIpc) is 2.48. The van der Waals surface area contributed by atoms with Crippen molar-refractivity contribution in [3.63, 3.8) is 0 Å². The van der Waals surface area contributed by atoms with E-state index in [0.717, 1.165) is 15.9 Å². The zero-order valence-corrected chi connectivity index (χ0v) is 13.3. The molecule has 0 saturated carbocycles. The number of nitrogens with zero attached hydrogens (tertiary/aromatic N) is 1. The number of ether oxygens (including phenoxy) is 2. The minimum absolute atomic E-state index is 0.558. The molecule has 2 rings (SSSR count). The van der Waals surface area contributed by atoms with E-state index in [1.165, 1.54) is 5.56 Å². The summed E-state index contributed by atoms with van der Waals surface area (Å²) in [5.41, 5.74) is 3.01. The van der Waals surface area contributed by atoms with Gasteiger partial charge >= 0.3 is 0 Å². The van der Waals surface area contributed by atoms with Crippen molar-refractivity contribution < 1.29 is 9.47 Å². The van der Waals surface area contributed by atoms with Gasteiger partial charge in [-0.25, -0.2) is 0 Å². The molecule has 1 aromatic carbocycles. The molecule has 1 aromatic heterocycles. The van der Waals surface area contributed by atoms with Crippen molar-refractivity contribution in [2.75, 3.05) is 19.5 Å². The molecule has 20 heavy (non-hydrogen) atoms. The van der Waals surface area contributed by atoms with Crippen LogP contribution in [0.1, 0.15) is 11.3 Å². The number of aromatic nitrogens is 1. The quantitative estimate of drug-likeness (QED) is 0.902. The number of methoxy groups -OCH3 is 2. The Morgan fingerprint density at radius 2 is 2.00 bits per heavy atom. The summed E-state index contributed by atoms with van der Waals surface area (Å²) in [5.74, 6) is 1.34. The van der Waals surface area contributed by atoms with Crippen LogP contribution in [0, 0.1) is 6.92 Å². The first-order valence-corrected chi connectivity index (χ1v) is 7.01. The molecule has 5 heteroatoms. The van der Waals surface area contributed by atoms with Gasteiger partial charge in [-0.2, -0.15) is 0 Å². The molecule has 2 aromatic rings. The monoisotopic (exact) mass is 336 g/mol. The molecule has 0 aliphatic rings. The highest BCUT2D eigenvalue weighted by atomic mass is 79.9. The summed E-state index contributed by atoms with van der Waals surface area (Å²) in [5, 5.41) is 3.35. The molecular weight excluding hydrogens is 320 g/mol. The summed E-state index contributed by atoms with van der Waals surface area (Å²) in [6, 6.07) is 7.87. The van der Waals surface area contributed by atoms with Crippen LogP contribution >= 0.6 is 15.9 Å². The van der Waals surface area contributed by atoms with Crippen LogP contribution in [0.4, 0.5) is 5.69 Å². The molecule has 0 fully saturated rings. The molecule has 1 heterocycles. The second kappa shape index (κ2) is 6.61. The topological polar surface area (TPSA) is 43.4 Å². The predicted molar refractivity (Wildman–Crippen MR) is 83.5 cm³/mol. The molecule has 0 aliphatic heterocycles. The summed E-state index contributed by atoms with van der Waals surface area (Å²) >= 11 is 3.58. The summed E-state index contributed by atoms with van der Waals surface area (Å²) in [7, 11) is 3.23. The number of pyridine rings is 1. The molecule has 0 aliphatic carbocycles. The van der Waals surface area contributed by atoms with E-state index >= 15 is 0 Å². The van der Waals surface area contributed by atoms with Crippen LogP contribution in [0.25, 0.3) is 0 Å². The van der Waals surface area contributed by atoms with Gasteiger partial charge in [-0.3, -0.25) is 4.98 Å². The highest BCUT2D eigenvalue weighted by molar-refractivity contribution is 9.10. The third-order valence-electron chi connectivity index (χ3n) is 3.00. The van der Waals surface area contributed by atoms with Gasteiger partial charge in [0.2, 0.25) is 0 Å². The molecular formula is C15H17BrN2O2. The normalized spacial score (nSPS) is 10.2. The number of benzene rings is 1. The fourth-order valence-electron chi connectivity index (χ4n) is 1.94. The third-order valence-corrected chi connectivity index (χ3v) is 4.06. The van der Waals surface area contributed by atoms with E-state index in [-0.39, 0.29) is 0 Å². The van der Waals surface area contributed by atoms with Crippen molar-refractivity contribution in [2.24, 2.45) is 0 Å². The molecule has 1 N–H and O–H groups in total. The Balaban J connectivity index is 2.21. The first kappa shape index (κ1) is 14.7. The fourth-order valence-corrected chi connectivity index (χ4v) is 2.34. The maximum atomic E-state index is 5.37. The van der Waals surface area contributed by atoms with E-state index in [0.29, 0.717) is 18.0 Å². The lowest BCUT2D eigenvalue weighted by atomic mass is 10.2. The molecule has 0 bridgehead atoms. The molecule has 0 radical (unpaired) electrons. The van der Waals surface area contributed by atoms with Crippen molar-refractivity contribution in [3.05, 3.63) is 46.2 Å². The van der Waals surface area contributed by atoms with Gasteiger partial charge in [0.1, 0.15) is 5.69 Å². The summed E-state index contributed by atoms with van der Waals surface area (Å²) in [6.07, 6.45) is 1.71. The van der Waals surface area contributed by atoms with Crippen LogP contribution in [-0.4, -0.2) is 19.2 Å². The predicted octanol–water partition coefficient (Wildman–Crippen LogP) is 3.78. The SMILES string of the molecule is COc1ccnc(CNc2cccc(C)c2Br)c1OC. The lowest BCUT2D eigenvalue weighted by molar-refractivity contribution is 0.350. The Morgan fingerprint density at radius 3 is 2.70 bits per heavy atom. The average molecular weight is 337 g/mol. The molecule has 0 spiro atoms. The van der Waals surface area contributed by atoms with Crippen molar-refractivity contribution >= 4 is 21.6 Å². The van der Waals surface area contributed by atoms with Gasteiger partial charge in [0, 0.05) is 22.4 Å². The fraction of sp³-hybridized carbons (Fsp3) is 0.267. The highest BCUT2D eigenvalue weighted by Gasteiger charge is 2.11. The Kier molecular flexibility index (Phi) is 4.84. The van der Waals surface area contributed by atoms with E-state index in [9.17, 15) is 0 Å².